The van der Waals surface area contributed by atoms with Gasteiger partial charge in [0, 0.05) is 38.6 Å². The lowest BCUT2D eigenvalue weighted by Gasteiger charge is -2.14. The Labute approximate surface area is 112 Å². The highest BCUT2D eigenvalue weighted by Crippen LogP contribution is 2.37. The lowest BCUT2D eigenvalue weighted by molar-refractivity contribution is 0.0445. The van der Waals surface area contributed by atoms with Gasteiger partial charge < -0.3 is 14.2 Å². The molecule has 1 aliphatic heterocycles. The van der Waals surface area contributed by atoms with Crippen molar-refractivity contribution < 1.29 is 9.53 Å². The lowest BCUT2D eigenvalue weighted by Crippen LogP contribution is -2.09. The van der Waals surface area contributed by atoms with Gasteiger partial charge in [-0.2, -0.15) is 0 Å². The summed E-state index contributed by atoms with van der Waals surface area (Å²) in [5, 5.41) is 0. The van der Waals surface area contributed by atoms with Crippen molar-refractivity contribution in [2.24, 2.45) is 7.05 Å². The van der Waals surface area contributed by atoms with Gasteiger partial charge in [-0.05, 0) is 24.3 Å². The second kappa shape index (κ2) is 4.16. The quantitative estimate of drug-likeness (QED) is 0.774. The van der Waals surface area contributed by atoms with Crippen molar-refractivity contribution in [3.05, 3.63) is 53.3 Å². The van der Waals surface area contributed by atoms with Crippen LogP contribution < -0.4 is 4.90 Å². The number of esters is 1. The fraction of sp³-hybridized carbons (Fsp3) is 0.267. The average molecular weight is 256 g/mol. The van der Waals surface area contributed by atoms with Gasteiger partial charge in [0.2, 0.25) is 0 Å². The summed E-state index contributed by atoms with van der Waals surface area (Å²) in [5.41, 5.74) is 3.60. The number of hydrogen-bond acceptors (Lipinski definition) is 3. The van der Waals surface area contributed by atoms with Crippen LogP contribution in [-0.2, 0) is 11.8 Å². The second-order valence-corrected chi connectivity index (χ2v) is 5.00. The van der Waals surface area contributed by atoms with E-state index in [0.717, 1.165) is 16.9 Å². The van der Waals surface area contributed by atoms with Crippen molar-refractivity contribution in [2.75, 3.05) is 19.0 Å². The topological polar surface area (TPSA) is 34.5 Å². The first-order valence-corrected chi connectivity index (χ1v) is 6.21. The molecule has 0 saturated carbocycles. The van der Waals surface area contributed by atoms with Crippen LogP contribution in [0.2, 0.25) is 0 Å². The molecule has 0 radical (unpaired) electrons. The molecule has 3 rings (SSSR count). The molecule has 19 heavy (non-hydrogen) atoms. The predicted octanol–water partition coefficient (Wildman–Crippen LogP) is 2.35. The predicted molar refractivity (Wildman–Crippen MR) is 73.4 cm³/mol. The lowest BCUT2D eigenvalue weighted by atomic mass is 10.0. The van der Waals surface area contributed by atoms with E-state index in [1.54, 1.807) is 0 Å². The van der Waals surface area contributed by atoms with Crippen LogP contribution in [0.25, 0.3) is 0 Å². The zero-order valence-corrected chi connectivity index (χ0v) is 11.3. The fourth-order valence-corrected chi connectivity index (χ4v) is 2.43. The van der Waals surface area contributed by atoms with Crippen LogP contribution in [0.4, 0.5) is 5.69 Å². The summed E-state index contributed by atoms with van der Waals surface area (Å²) in [5.74, 6) is -0.245. The Bertz CT molecular complexity index is 643. The number of nitrogens with zero attached hydrogens (tertiary/aromatic N) is 2. The number of cyclic esters (lactones) is 1. The van der Waals surface area contributed by atoms with Crippen LogP contribution in [0.15, 0.2) is 36.5 Å². The van der Waals surface area contributed by atoms with Crippen LogP contribution in [-0.4, -0.2) is 24.6 Å². The standard InChI is InChI=1S/C15H16N2O2/c1-16(2)10-6-7-11-12(9-10)15(18)19-14(11)13-5-4-8-17(13)3/h4-9,14H,1-3H3. The number of carbonyl (C=O) groups is 1. The molecule has 0 bridgehead atoms. The number of benzene rings is 1. The molecule has 4 nitrogen and oxygen atoms in total. The number of aromatic nitrogens is 1. The minimum atomic E-state index is -0.293. The number of hydrogen-bond donors (Lipinski definition) is 0. The molecular weight excluding hydrogens is 240 g/mol. The van der Waals surface area contributed by atoms with E-state index in [0.29, 0.717) is 5.56 Å². The fourth-order valence-electron chi connectivity index (χ4n) is 2.43. The highest BCUT2D eigenvalue weighted by Gasteiger charge is 2.33. The molecule has 0 fully saturated rings. The number of anilines is 1. The van der Waals surface area contributed by atoms with E-state index >= 15 is 0 Å². The number of rotatable bonds is 2. The molecule has 1 aromatic carbocycles. The average Bonchev–Trinajstić information content (AvgIpc) is 2.93. The summed E-state index contributed by atoms with van der Waals surface area (Å²) in [4.78, 5) is 14.0. The Kier molecular flexibility index (Phi) is 2.59. The van der Waals surface area contributed by atoms with Gasteiger partial charge in [0.1, 0.15) is 0 Å². The van der Waals surface area contributed by atoms with Crippen LogP contribution in [0.5, 0.6) is 0 Å². The van der Waals surface area contributed by atoms with Crippen molar-refractivity contribution in [1.29, 1.82) is 0 Å². The van der Waals surface area contributed by atoms with E-state index in [4.69, 9.17) is 4.74 Å². The van der Waals surface area contributed by atoms with Gasteiger partial charge in [0.05, 0.1) is 11.3 Å². The third-order valence-electron chi connectivity index (χ3n) is 3.53. The molecule has 2 heterocycles. The highest BCUT2D eigenvalue weighted by molar-refractivity contribution is 5.95. The Morgan fingerprint density at radius 1 is 1.26 bits per heavy atom. The summed E-state index contributed by atoms with van der Waals surface area (Å²) in [6.45, 7) is 0. The SMILES string of the molecule is CN(C)c1ccc2c(c1)C(=O)OC2c1cccn1C. The molecular formula is C15H16N2O2. The van der Waals surface area contributed by atoms with Crippen molar-refractivity contribution in [3.8, 4) is 0 Å². The van der Waals surface area contributed by atoms with Crippen LogP contribution in [0, 0.1) is 0 Å². The summed E-state index contributed by atoms with van der Waals surface area (Å²) in [6.07, 6.45) is 1.66. The maximum absolute atomic E-state index is 12.0. The van der Waals surface area contributed by atoms with Gasteiger partial charge in [-0.25, -0.2) is 4.79 Å². The summed E-state index contributed by atoms with van der Waals surface area (Å²) >= 11 is 0. The van der Waals surface area contributed by atoms with Gasteiger partial charge in [-0.1, -0.05) is 6.07 Å². The molecule has 0 saturated heterocycles. The Balaban J connectivity index is 2.08. The Morgan fingerprint density at radius 3 is 2.68 bits per heavy atom. The van der Waals surface area contributed by atoms with E-state index in [1.807, 2.05) is 67.1 Å². The van der Waals surface area contributed by atoms with Crippen LogP contribution >= 0.6 is 0 Å². The smallest absolute Gasteiger partial charge is 0.339 e. The highest BCUT2D eigenvalue weighted by atomic mass is 16.5. The maximum Gasteiger partial charge on any atom is 0.339 e. The zero-order valence-electron chi connectivity index (χ0n) is 11.3. The van der Waals surface area contributed by atoms with E-state index in [9.17, 15) is 4.79 Å². The first kappa shape index (κ1) is 11.8. The largest absolute Gasteiger partial charge is 0.447 e. The molecule has 2 aromatic rings. The number of carbonyl (C=O) groups excluding carboxylic acids is 1. The van der Waals surface area contributed by atoms with Crippen LogP contribution in [0.1, 0.15) is 27.7 Å². The number of fused-ring (bicyclic) bond motifs is 1. The zero-order chi connectivity index (χ0) is 13.6. The first-order valence-electron chi connectivity index (χ1n) is 6.21. The van der Waals surface area contributed by atoms with E-state index in [2.05, 4.69) is 0 Å². The molecule has 1 unspecified atom stereocenters. The summed E-state index contributed by atoms with van der Waals surface area (Å²) in [6, 6.07) is 9.81. The first-order chi connectivity index (χ1) is 9.08. The molecule has 0 N–H and O–H groups in total. The van der Waals surface area contributed by atoms with E-state index in [-0.39, 0.29) is 12.1 Å². The molecule has 1 aliphatic rings. The molecule has 0 amide bonds. The van der Waals surface area contributed by atoms with Crippen molar-refractivity contribution >= 4 is 11.7 Å². The normalized spacial score (nSPS) is 17.2. The molecule has 0 spiro atoms. The van der Waals surface area contributed by atoms with Gasteiger partial charge >= 0.3 is 5.97 Å². The van der Waals surface area contributed by atoms with Crippen molar-refractivity contribution in [3.63, 3.8) is 0 Å². The second-order valence-electron chi connectivity index (χ2n) is 5.00. The minimum Gasteiger partial charge on any atom is -0.447 e. The summed E-state index contributed by atoms with van der Waals surface area (Å²) < 4.78 is 7.49. The van der Waals surface area contributed by atoms with E-state index < -0.39 is 0 Å². The third-order valence-corrected chi connectivity index (χ3v) is 3.53. The van der Waals surface area contributed by atoms with Gasteiger partial charge in [-0.15, -0.1) is 0 Å². The summed E-state index contributed by atoms with van der Waals surface area (Å²) in [7, 11) is 5.86. The Morgan fingerprint density at radius 2 is 2.05 bits per heavy atom. The van der Waals surface area contributed by atoms with E-state index in [1.165, 1.54) is 0 Å². The molecule has 1 aromatic heterocycles. The minimum absolute atomic E-state index is 0.245. The molecule has 1 atom stereocenters. The number of ether oxygens (including phenoxy) is 1. The van der Waals surface area contributed by atoms with Crippen molar-refractivity contribution in [1.82, 2.24) is 4.57 Å². The third kappa shape index (κ3) is 1.80. The molecule has 4 heteroatoms. The maximum atomic E-state index is 12.0. The monoisotopic (exact) mass is 256 g/mol. The van der Waals surface area contributed by atoms with Gasteiger partial charge in [0.25, 0.3) is 0 Å². The molecule has 98 valence electrons. The molecule has 0 aliphatic carbocycles. The van der Waals surface area contributed by atoms with Gasteiger partial charge in [-0.3, -0.25) is 0 Å². The van der Waals surface area contributed by atoms with Gasteiger partial charge in [0.15, 0.2) is 6.10 Å². The number of aryl methyl sites for hydroxylation is 1. The Hall–Kier alpha value is -2.23. The van der Waals surface area contributed by atoms with Crippen molar-refractivity contribution in [2.45, 2.75) is 6.10 Å². The van der Waals surface area contributed by atoms with Crippen LogP contribution in [0.3, 0.4) is 0 Å².